The first-order chi connectivity index (χ1) is 11.8. The second-order valence-corrected chi connectivity index (χ2v) is 5.90. The van der Waals surface area contributed by atoms with Crippen molar-refractivity contribution in [3.05, 3.63) is 17.7 Å². The minimum atomic E-state index is -0.120. The van der Waals surface area contributed by atoms with Gasteiger partial charge in [-0.05, 0) is 25.1 Å². The summed E-state index contributed by atoms with van der Waals surface area (Å²) in [5, 5.41) is 6.30. The minimum absolute atomic E-state index is 0.120. The lowest BCUT2D eigenvalue weighted by Crippen LogP contribution is -2.44. The van der Waals surface area contributed by atoms with Crippen LogP contribution in [0.1, 0.15) is 16.8 Å². The van der Waals surface area contributed by atoms with Gasteiger partial charge in [-0.2, -0.15) is 0 Å². The number of amides is 1. The minimum Gasteiger partial charge on any atom is -0.493 e. The van der Waals surface area contributed by atoms with Gasteiger partial charge in [0.25, 0.3) is 5.91 Å². The number of nitrogens with one attached hydrogen (secondary N) is 2. The van der Waals surface area contributed by atoms with Gasteiger partial charge in [0.05, 0.1) is 7.11 Å². The Hall–Kier alpha value is -1.99. The molecule has 2 aliphatic rings. The van der Waals surface area contributed by atoms with Crippen LogP contribution >= 0.6 is 0 Å². The first kappa shape index (κ1) is 16.9. The number of piperazine rings is 1. The summed E-state index contributed by atoms with van der Waals surface area (Å²) in [6, 6.07) is 3.40. The molecule has 2 aliphatic heterocycles. The summed E-state index contributed by atoms with van der Waals surface area (Å²) in [4.78, 5) is 14.8. The van der Waals surface area contributed by atoms with Crippen LogP contribution in [0.2, 0.25) is 0 Å². The molecule has 132 valence electrons. The monoisotopic (exact) mass is 335 g/mol. The number of hydrogen-bond acceptors (Lipinski definition) is 6. The molecule has 1 aromatic carbocycles. The normalized spacial score (nSPS) is 17.4. The molecule has 0 unspecified atom stereocenters. The second-order valence-electron chi connectivity index (χ2n) is 5.90. The van der Waals surface area contributed by atoms with Crippen LogP contribution in [-0.4, -0.2) is 70.4 Å². The average molecular weight is 335 g/mol. The number of ether oxygens (including phenoxy) is 3. The Labute approximate surface area is 142 Å². The maximum Gasteiger partial charge on any atom is 0.251 e. The summed E-state index contributed by atoms with van der Waals surface area (Å²) >= 11 is 0. The van der Waals surface area contributed by atoms with Gasteiger partial charge in [-0.25, -0.2) is 0 Å². The second kappa shape index (κ2) is 8.21. The molecule has 1 amide bonds. The van der Waals surface area contributed by atoms with Gasteiger partial charge in [0.1, 0.15) is 13.2 Å². The molecule has 2 N–H and O–H groups in total. The van der Waals surface area contributed by atoms with Crippen LogP contribution in [0.15, 0.2) is 12.1 Å². The number of carbonyl (C=O) groups excluding carboxylic acids is 1. The van der Waals surface area contributed by atoms with Crippen molar-refractivity contribution in [3.63, 3.8) is 0 Å². The Morgan fingerprint density at radius 2 is 2.08 bits per heavy atom. The predicted molar refractivity (Wildman–Crippen MR) is 90.2 cm³/mol. The molecule has 0 bridgehead atoms. The topological polar surface area (TPSA) is 72.1 Å². The van der Waals surface area contributed by atoms with Crippen molar-refractivity contribution in [3.8, 4) is 17.2 Å². The molecule has 7 heteroatoms. The van der Waals surface area contributed by atoms with Gasteiger partial charge < -0.3 is 29.7 Å². The van der Waals surface area contributed by atoms with Crippen LogP contribution in [0.25, 0.3) is 0 Å². The number of nitrogens with zero attached hydrogens (tertiary/aromatic N) is 1. The van der Waals surface area contributed by atoms with Crippen LogP contribution in [0.5, 0.6) is 17.2 Å². The van der Waals surface area contributed by atoms with Gasteiger partial charge in [-0.3, -0.25) is 4.79 Å². The van der Waals surface area contributed by atoms with Gasteiger partial charge in [0, 0.05) is 38.3 Å². The number of rotatable bonds is 6. The Morgan fingerprint density at radius 1 is 1.29 bits per heavy atom. The number of benzene rings is 1. The van der Waals surface area contributed by atoms with Crippen LogP contribution in [-0.2, 0) is 0 Å². The van der Waals surface area contributed by atoms with Crippen molar-refractivity contribution >= 4 is 5.91 Å². The molecule has 0 atom stereocenters. The highest BCUT2D eigenvalue weighted by Gasteiger charge is 2.20. The predicted octanol–water partition coefficient (Wildman–Crippen LogP) is 0.492. The smallest absolute Gasteiger partial charge is 0.251 e. The molecule has 0 radical (unpaired) electrons. The SMILES string of the molecule is COc1cc(C(=O)NCCCN2CCNCC2)cc2c1OCCO2. The summed E-state index contributed by atoms with van der Waals surface area (Å²) in [5.41, 5.74) is 0.526. The molecule has 24 heavy (non-hydrogen) atoms. The van der Waals surface area contributed by atoms with Gasteiger partial charge in [0.15, 0.2) is 11.5 Å². The fourth-order valence-electron chi connectivity index (χ4n) is 2.95. The van der Waals surface area contributed by atoms with Crippen molar-refractivity contribution in [1.29, 1.82) is 0 Å². The molecule has 1 aromatic rings. The Balaban J connectivity index is 1.52. The van der Waals surface area contributed by atoms with Gasteiger partial charge in [-0.1, -0.05) is 0 Å². The van der Waals surface area contributed by atoms with Crippen molar-refractivity contribution in [2.24, 2.45) is 0 Å². The first-order valence-electron chi connectivity index (χ1n) is 8.47. The van der Waals surface area contributed by atoms with E-state index in [1.165, 1.54) is 0 Å². The lowest BCUT2D eigenvalue weighted by molar-refractivity contribution is 0.0949. The van der Waals surface area contributed by atoms with Crippen molar-refractivity contribution in [1.82, 2.24) is 15.5 Å². The summed E-state index contributed by atoms with van der Waals surface area (Å²) in [6.07, 6.45) is 0.938. The first-order valence-corrected chi connectivity index (χ1v) is 8.47. The maximum absolute atomic E-state index is 12.4. The zero-order valence-corrected chi connectivity index (χ0v) is 14.1. The molecular weight excluding hydrogens is 310 g/mol. The van der Waals surface area contributed by atoms with E-state index in [-0.39, 0.29) is 5.91 Å². The van der Waals surface area contributed by atoms with Crippen molar-refractivity contribution in [2.45, 2.75) is 6.42 Å². The summed E-state index contributed by atoms with van der Waals surface area (Å²) in [5.74, 6) is 1.54. The Kier molecular flexibility index (Phi) is 5.77. The van der Waals surface area contributed by atoms with Crippen LogP contribution in [0.4, 0.5) is 0 Å². The van der Waals surface area contributed by atoms with E-state index in [1.807, 2.05) is 0 Å². The van der Waals surface area contributed by atoms with E-state index in [9.17, 15) is 4.79 Å². The van der Waals surface area contributed by atoms with E-state index >= 15 is 0 Å². The molecule has 1 fully saturated rings. The number of carbonyl (C=O) groups is 1. The zero-order valence-electron chi connectivity index (χ0n) is 14.1. The summed E-state index contributed by atoms with van der Waals surface area (Å²) < 4.78 is 16.4. The van der Waals surface area contributed by atoms with E-state index in [0.717, 1.165) is 39.1 Å². The van der Waals surface area contributed by atoms with E-state index in [1.54, 1.807) is 19.2 Å². The fraction of sp³-hybridized carbons (Fsp3) is 0.588. The molecule has 7 nitrogen and oxygen atoms in total. The molecule has 1 saturated heterocycles. The third-order valence-corrected chi connectivity index (χ3v) is 4.24. The quantitative estimate of drug-likeness (QED) is 0.738. The van der Waals surface area contributed by atoms with Crippen LogP contribution in [0, 0.1) is 0 Å². The Bertz CT molecular complexity index is 556. The van der Waals surface area contributed by atoms with E-state index in [2.05, 4.69) is 15.5 Å². The van der Waals surface area contributed by atoms with Crippen molar-refractivity contribution < 1.29 is 19.0 Å². The molecular formula is C17H25N3O4. The highest BCUT2D eigenvalue weighted by Crippen LogP contribution is 2.40. The summed E-state index contributed by atoms with van der Waals surface area (Å²) in [6.45, 7) is 6.87. The maximum atomic E-state index is 12.4. The van der Waals surface area contributed by atoms with Gasteiger partial charge in [0.2, 0.25) is 5.75 Å². The lowest BCUT2D eigenvalue weighted by Gasteiger charge is -2.27. The fourth-order valence-corrected chi connectivity index (χ4v) is 2.95. The van der Waals surface area contributed by atoms with Crippen molar-refractivity contribution in [2.75, 3.05) is 59.6 Å². The molecule has 2 heterocycles. The van der Waals surface area contributed by atoms with Crippen LogP contribution < -0.4 is 24.8 Å². The zero-order chi connectivity index (χ0) is 16.8. The molecule has 0 aromatic heterocycles. The highest BCUT2D eigenvalue weighted by atomic mass is 16.6. The van der Waals surface area contributed by atoms with E-state index in [0.29, 0.717) is 42.6 Å². The summed E-state index contributed by atoms with van der Waals surface area (Å²) in [7, 11) is 1.56. The van der Waals surface area contributed by atoms with Gasteiger partial charge >= 0.3 is 0 Å². The van der Waals surface area contributed by atoms with E-state index < -0.39 is 0 Å². The molecule has 3 rings (SSSR count). The standard InChI is InChI=1S/C17H25N3O4/c1-22-14-11-13(12-15-16(14)24-10-9-23-15)17(21)19-3-2-6-20-7-4-18-5-8-20/h11-12,18H,2-10H2,1H3,(H,19,21). The third-order valence-electron chi connectivity index (χ3n) is 4.24. The van der Waals surface area contributed by atoms with Crippen LogP contribution in [0.3, 0.4) is 0 Å². The largest absolute Gasteiger partial charge is 0.493 e. The van der Waals surface area contributed by atoms with Gasteiger partial charge in [-0.15, -0.1) is 0 Å². The average Bonchev–Trinajstić information content (AvgIpc) is 2.65. The lowest BCUT2D eigenvalue weighted by atomic mass is 10.1. The number of hydrogen-bond donors (Lipinski definition) is 2. The molecule has 0 saturated carbocycles. The highest BCUT2D eigenvalue weighted by molar-refractivity contribution is 5.95. The number of fused-ring (bicyclic) bond motifs is 1. The Morgan fingerprint density at radius 3 is 2.88 bits per heavy atom. The molecule has 0 aliphatic carbocycles. The third kappa shape index (κ3) is 4.10. The molecule has 0 spiro atoms. The van der Waals surface area contributed by atoms with E-state index in [4.69, 9.17) is 14.2 Å². The number of methoxy groups -OCH3 is 1.